The SMILES string of the molecule is O=c1c2cccc(Cl)c2cc(Br)c2ccccc12. The summed E-state index contributed by atoms with van der Waals surface area (Å²) in [6, 6.07) is 14.8. The summed E-state index contributed by atoms with van der Waals surface area (Å²) in [7, 11) is 0. The van der Waals surface area contributed by atoms with E-state index in [9.17, 15) is 4.79 Å². The molecule has 18 heavy (non-hydrogen) atoms. The maximum atomic E-state index is 12.5. The van der Waals surface area contributed by atoms with E-state index in [0.717, 1.165) is 15.2 Å². The van der Waals surface area contributed by atoms with Gasteiger partial charge in [-0.15, -0.1) is 0 Å². The molecule has 0 aliphatic carbocycles. The molecule has 0 bridgehead atoms. The van der Waals surface area contributed by atoms with Gasteiger partial charge in [0.2, 0.25) is 0 Å². The average Bonchev–Trinajstić information content (AvgIpc) is 2.49. The molecule has 0 aliphatic rings. The molecule has 0 saturated heterocycles. The first-order valence-corrected chi connectivity index (χ1v) is 6.65. The van der Waals surface area contributed by atoms with Gasteiger partial charge in [0.25, 0.3) is 0 Å². The highest BCUT2D eigenvalue weighted by molar-refractivity contribution is 9.10. The Labute approximate surface area is 117 Å². The predicted molar refractivity (Wildman–Crippen MR) is 80.4 cm³/mol. The molecule has 0 unspecified atom stereocenters. The second-order valence-corrected chi connectivity index (χ2v) is 5.33. The van der Waals surface area contributed by atoms with Crippen molar-refractivity contribution in [1.82, 2.24) is 0 Å². The number of fused-ring (bicyclic) bond motifs is 2. The van der Waals surface area contributed by atoms with Gasteiger partial charge < -0.3 is 0 Å². The zero-order valence-electron chi connectivity index (χ0n) is 9.28. The summed E-state index contributed by atoms with van der Waals surface area (Å²) in [4.78, 5) is 12.5. The molecule has 3 rings (SSSR count). The highest BCUT2D eigenvalue weighted by Gasteiger charge is 2.07. The van der Waals surface area contributed by atoms with Crippen molar-refractivity contribution in [3.63, 3.8) is 0 Å². The number of benzene rings is 2. The van der Waals surface area contributed by atoms with Crippen LogP contribution in [0.5, 0.6) is 0 Å². The van der Waals surface area contributed by atoms with Gasteiger partial charge >= 0.3 is 0 Å². The van der Waals surface area contributed by atoms with Crippen molar-refractivity contribution in [2.75, 3.05) is 0 Å². The summed E-state index contributed by atoms with van der Waals surface area (Å²) < 4.78 is 0.873. The summed E-state index contributed by atoms with van der Waals surface area (Å²) in [6.07, 6.45) is 0. The van der Waals surface area contributed by atoms with Gasteiger partial charge in [-0.1, -0.05) is 63.9 Å². The molecule has 0 radical (unpaired) electrons. The minimum Gasteiger partial charge on any atom is -0.289 e. The lowest BCUT2D eigenvalue weighted by molar-refractivity contribution is 1.74. The van der Waals surface area contributed by atoms with Crippen molar-refractivity contribution in [3.05, 3.63) is 68.2 Å². The molecular weight excluding hydrogens is 312 g/mol. The van der Waals surface area contributed by atoms with Gasteiger partial charge in [0, 0.05) is 25.7 Å². The van der Waals surface area contributed by atoms with E-state index in [1.54, 1.807) is 12.1 Å². The topological polar surface area (TPSA) is 17.1 Å². The van der Waals surface area contributed by atoms with Crippen LogP contribution in [0.4, 0.5) is 0 Å². The molecule has 3 aromatic carbocycles. The molecule has 0 spiro atoms. The first-order chi connectivity index (χ1) is 8.68. The standard InChI is InChI=1S/C15H8BrClO/c16-13-8-12-11(6-3-7-14(12)17)15(18)10-5-2-1-4-9(10)13/h1-8H. The number of hydrogen-bond donors (Lipinski definition) is 0. The van der Waals surface area contributed by atoms with E-state index in [4.69, 9.17) is 11.6 Å². The minimum atomic E-state index is 0.00815. The normalized spacial score (nSPS) is 11.0. The van der Waals surface area contributed by atoms with Crippen molar-refractivity contribution >= 4 is 49.1 Å². The van der Waals surface area contributed by atoms with E-state index in [2.05, 4.69) is 15.9 Å². The minimum absolute atomic E-state index is 0.00815. The van der Waals surface area contributed by atoms with Crippen LogP contribution in [-0.4, -0.2) is 0 Å². The molecule has 0 aliphatic heterocycles. The summed E-state index contributed by atoms with van der Waals surface area (Å²) in [5.41, 5.74) is 0.00815. The van der Waals surface area contributed by atoms with Crippen LogP contribution in [0, 0.1) is 0 Å². The summed E-state index contributed by atoms with van der Waals surface area (Å²) in [5.74, 6) is 0. The van der Waals surface area contributed by atoms with E-state index in [-0.39, 0.29) is 5.43 Å². The Hall–Kier alpha value is -1.38. The zero-order valence-corrected chi connectivity index (χ0v) is 11.6. The maximum absolute atomic E-state index is 12.5. The number of hydrogen-bond acceptors (Lipinski definition) is 1. The summed E-state index contributed by atoms with van der Waals surface area (Å²) in [5, 5.41) is 3.60. The van der Waals surface area contributed by atoms with E-state index in [0.29, 0.717) is 15.8 Å². The van der Waals surface area contributed by atoms with Crippen LogP contribution >= 0.6 is 27.5 Å². The molecule has 0 aromatic heterocycles. The molecule has 88 valence electrons. The second kappa shape index (κ2) is 4.38. The molecule has 0 N–H and O–H groups in total. The maximum Gasteiger partial charge on any atom is 0.194 e. The predicted octanol–water partition coefficient (Wildman–Crippen LogP) is 4.77. The van der Waals surface area contributed by atoms with E-state index in [1.807, 2.05) is 36.4 Å². The zero-order chi connectivity index (χ0) is 12.7. The second-order valence-electron chi connectivity index (χ2n) is 4.07. The van der Waals surface area contributed by atoms with Crippen molar-refractivity contribution in [1.29, 1.82) is 0 Å². The molecule has 0 amide bonds. The van der Waals surface area contributed by atoms with Crippen LogP contribution in [0.1, 0.15) is 0 Å². The lowest BCUT2D eigenvalue weighted by Crippen LogP contribution is -1.97. The Bertz CT molecular complexity index is 827. The lowest BCUT2D eigenvalue weighted by Gasteiger charge is -1.94. The lowest BCUT2D eigenvalue weighted by atomic mass is 10.1. The summed E-state index contributed by atoms with van der Waals surface area (Å²) in [6.45, 7) is 0. The van der Waals surface area contributed by atoms with Gasteiger partial charge in [-0.05, 0) is 17.5 Å². The number of rotatable bonds is 0. The molecule has 0 saturated carbocycles. The average molecular weight is 320 g/mol. The molecule has 3 heteroatoms. The van der Waals surface area contributed by atoms with Gasteiger partial charge in [0.1, 0.15) is 0 Å². The Balaban J connectivity index is 2.74. The molecular formula is C15H8BrClO. The van der Waals surface area contributed by atoms with Gasteiger partial charge in [0.15, 0.2) is 5.43 Å². The molecule has 0 atom stereocenters. The first kappa shape index (κ1) is 11.7. The van der Waals surface area contributed by atoms with Crippen LogP contribution in [0.2, 0.25) is 5.02 Å². The molecule has 3 aromatic rings. The third-order valence-corrected chi connectivity index (χ3v) is 3.98. The fourth-order valence-electron chi connectivity index (χ4n) is 2.12. The van der Waals surface area contributed by atoms with Crippen LogP contribution in [0.25, 0.3) is 21.5 Å². The van der Waals surface area contributed by atoms with Gasteiger partial charge in [-0.3, -0.25) is 4.79 Å². The van der Waals surface area contributed by atoms with Crippen LogP contribution in [-0.2, 0) is 0 Å². The quantitative estimate of drug-likeness (QED) is 0.583. The Morgan fingerprint density at radius 2 is 1.44 bits per heavy atom. The Morgan fingerprint density at radius 1 is 0.833 bits per heavy atom. The van der Waals surface area contributed by atoms with Crippen LogP contribution in [0.3, 0.4) is 0 Å². The van der Waals surface area contributed by atoms with Crippen molar-refractivity contribution in [2.45, 2.75) is 0 Å². The summed E-state index contributed by atoms with van der Waals surface area (Å²) >= 11 is 9.69. The first-order valence-electron chi connectivity index (χ1n) is 5.48. The molecule has 0 heterocycles. The number of halogens is 2. The van der Waals surface area contributed by atoms with Crippen molar-refractivity contribution < 1.29 is 0 Å². The monoisotopic (exact) mass is 318 g/mol. The van der Waals surface area contributed by atoms with Gasteiger partial charge in [0.05, 0.1) is 0 Å². The smallest absolute Gasteiger partial charge is 0.194 e. The Morgan fingerprint density at radius 3 is 2.22 bits per heavy atom. The molecule has 1 nitrogen and oxygen atoms in total. The fraction of sp³-hybridized carbons (Fsp3) is 0. The third kappa shape index (κ3) is 1.73. The largest absolute Gasteiger partial charge is 0.289 e. The van der Waals surface area contributed by atoms with Gasteiger partial charge in [-0.25, -0.2) is 0 Å². The van der Waals surface area contributed by atoms with Crippen LogP contribution in [0.15, 0.2) is 57.8 Å². The fourth-order valence-corrected chi connectivity index (χ4v) is 2.92. The van der Waals surface area contributed by atoms with E-state index in [1.165, 1.54) is 0 Å². The highest BCUT2D eigenvalue weighted by Crippen LogP contribution is 2.28. The van der Waals surface area contributed by atoms with E-state index < -0.39 is 0 Å². The highest BCUT2D eigenvalue weighted by atomic mass is 79.9. The Kier molecular flexibility index (Phi) is 2.84. The van der Waals surface area contributed by atoms with Crippen LogP contribution < -0.4 is 5.43 Å². The van der Waals surface area contributed by atoms with Gasteiger partial charge in [-0.2, -0.15) is 0 Å². The molecule has 0 fully saturated rings. The van der Waals surface area contributed by atoms with Crippen molar-refractivity contribution in [2.24, 2.45) is 0 Å². The van der Waals surface area contributed by atoms with E-state index >= 15 is 0 Å². The van der Waals surface area contributed by atoms with Crippen molar-refractivity contribution in [3.8, 4) is 0 Å². The third-order valence-electron chi connectivity index (χ3n) is 3.00.